The first kappa shape index (κ1) is 29.9. The normalized spacial score (nSPS) is 12.0. The molecule has 0 amide bonds. The van der Waals surface area contributed by atoms with Crippen LogP contribution in [0, 0.1) is 0 Å². The van der Waals surface area contributed by atoms with Gasteiger partial charge in [-0.3, -0.25) is 0 Å². The van der Waals surface area contributed by atoms with Crippen molar-refractivity contribution in [3.63, 3.8) is 0 Å². The number of aromatic nitrogens is 4. The van der Waals surface area contributed by atoms with Crippen LogP contribution in [0.15, 0.2) is 179 Å². The van der Waals surface area contributed by atoms with Crippen LogP contribution in [0.3, 0.4) is 0 Å². The number of furan rings is 2. The minimum Gasteiger partial charge on any atom is -0.456 e. The molecule has 12 aromatic rings. The number of nitrogens with zero attached hydrogens (tertiary/aromatic N) is 4. The average molecular weight is 705 g/mol. The fourth-order valence-electron chi connectivity index (χ4n) is 8.32. The molecule has 0 saturated carbocycles. The Balaban J connectivity index is 1.07. The van der Waals surface area contributed by atoms with Crippen LogP contribution in [-0.4, -0.2) is 19.5 Å². The minimum atomic E-state index is 0.561. The first-order chi connectivity index (χ1) is 27.2. The van der Waals surface area contributed by atoms with E-state index in [-0.39, 0.29) is 0 Å². The van der Waals surface area contributed by atoms with Gasteiger partial charge in [-0.15, -0.1) is 0 Å². The summed E-state index contributed by atoms with van der Waals surface area (Å²) in [6.07, 6.45) is 0. The molecule has 0 N–H and O–H groups in total. The maximum Gasteiger partial charge on any atom is 0.164 e. The van der Waals surface area contributed by atoms with Gasteiger partial charge >= 0.3 is 0 Å². The highest BCUT2D eigenvalue weighted by Crippen LogP contribution is 2.41. The van der Waals surface area contributed by atoms with E-state index in [0.29, 0.717) is 17.5 Å². The molecular formula is C49H28N4O2. The smallest absolute Gasteiger partial charge is 0.164 e. The van der Waals surface area contributed by atoms with Crippen molar-refractivity contribution in [2.24, 2.45) is 0 Å². The maximum atomic E-state index is 6.88. The molecule has 0 fully saturated rings. The fourth-order valence-corrected chi connectivity index (χ4v) is 8.32. The molecule has 0 aliphatic carbocycles. The van der Waals surface area contributed by atoms with Gasteiger partial charge in [0.05, 0.1) is 16.7 Å². The van der Waals surface area contributed by atoms with Gasteiger partial charge in [0.15, 0.2) is 23.1 Å². The Morgan fingerprint density at radius 1 is 0.382 bits per heavy atom. The molecule has 256 valence electrons. The number of hydrogen-bond donors (Lipinski definition) is 0. The predicted octanol–water partition coefficient (Wildman–Crippen LogP) is 12.9. The van der Waals surface area contributed by atoms with Crippen LogP contribution in [0.25, 0.3) is 116 Å². The van der Waals surface area contributed by atoms with E-state index >= 15 is 0 Å². The summed E-state index contributed by atoms with van der Waals surface area (Å²) in [6, 6.07) is 58.6. The van der Waals surface area contributed by atoms with E-state index < -0.39 is 0 Å². The SMILES string of the molecule is c1ccc(-c2nc(-c3ccc4c(c3)oc3c(-n5c6ccccc6c6cc7ccccc7cc65)cccc34)nc(-c3cccc4oc5ccccc5c34)n2)cc1. The molecule has 4 aromatic heterocycles. The summed E-state index contributed by atoms with van der Waals surface area (Å²) in [5.41, 5.74) is 9.09. The van der Waals surface area contributed by atoms with Crippen LogP contribution in [-0.2, 0) is 0 Å². The van der Waals surface area contributed by atoms with Gasteiger partial charge in [-0.25, -0.2) is 15.0 Å². The van der Waals surface area contributed by atoms with Crippen LogP contribution in [0.1, 0.15) is 0 Å². The molecule has 4 heterocycles. The molecule has 0 radical (unpaired) electrons. The first-order valence-corrected chi connectivity index (χ1v) is 18.4. The van der Waals surface area contributed by atoms with Crippen LogP contribution < -0.4 is 0 Å². The van der Waals surface area contributed by atoms with E-state index in [0.717, 1.165) is 77.3 Å². The second kappa shape index (κ2) is 11.5. The van der Waals surface area contributed by atoms with Crippen LogP contribution >= 0.6 is 0 Å². The molecule has 6 nitrogen and oxygen atoms in total. The van der Waals surface area contributed by atoms with Gasteiger partial charge in [-0.2, -0.15) is 0 Å². The molecule has 0 bridgehead atoms. The number of benzene rings is 8. The summed E-state index contributed by atoms with van der Waals surface area (Å²) in [4.78, 5) is 15.2. The summed E-state index contributed by atoms with van der Waals surface area (Å²) < 4.78 is 15.5. The zero-order valence-electron chi connectivity index (χ0n) is 29.3. The Kier molecular flexibility index (Phi) is 6.24. The molecule has 8 aromatic carbocycles. The van der Waals surface area contributed by atoms with Gasteiger partial charge in [0, 0.05) is 49.0 Å². The van der Waals surface area contributed by atoms with Gasteiger partial charge in [0.2, 0.25) is 0 Å². The van der Waals surface area contributed by atoms with E-state index in [1.54, 1.807) is 0 Å². The third kappa shape index (κ3) is 4.52. The van der Waals surface area contributed by atoms with Crippen molar-refractivity contribution in [2.75, 3.05) is 0 Å². The fraction of sp³-hybridized carbons (Fsp3) is 0. The molecule has 0 aliphatic rings. The van der Waals surface area contributed by atoms with Crippen LogP contribution in [0.2, 0.25) is 0 Å². The summed E-state index contributed by atoms with van der Waals surface area (Å²) in [7, 11) is 0. The van der Waals surface area contributed by atoms with Gasteiger partial charge in [0.25, 0.3) is 0 Å². The summed E-state index contributed by atoms with van der Waals surface area (Å²) in [5, 5.41) is 8.91. The molecule has 55 heavy (non-hydrogen) atoms. The van der Waals surface area contributed by atoms with E-state index in [1.807, 2.05) is 60.7 Å². The third-order valence-corrected chi connectivity index (χ3v) is 10.8. The Morgan fingerprint density at radius 3 is 1.96 bits per heavy atom. The lowest BCUT2D eigenvalue weighted by Gasteiger charge is -2.09. The van der Waals surface area contributed by atoms with Crippen molar-refractivity contribution in [1.29, 1.82) is 0 Å². The number of fused-ring (bicyclic) bond motifs is 10. The second-order valence-corrected chi connectivity index (χ2v) is 14.0. The zero-order valence-corrected chi connectivity index (χ0v) is 29.3. The van der Waals surface area contributed by atoms with Crippen molar-refractivity contribution in [3.8, 4) is 39.9 Å². The topological polar surface area (TPSA) is 69.9 Å². The highest BCUT2D eigenvalue weighted by atomic mass is 16.3. The number of rotatable bonds is 4. The Labute approximate surface area is 313 Å². The summed E-state index contributed by atoms with van der Waals surface area (Å²) in [6.45, 7) is 0. The highest BCUT2D eigenvalue weighted by Gasteiger charge is 2.21. The van der Waals surface area contributed by atoms with E-state index in [2.05, 4.69) is 114 Å². The Hall–Kier alpha value is -7.57. The van der Waals surface area contributed by atoms with Gasteiger partial charge < -0.3 is 13.4 Å². The van der Waals surface area contributed by atoms with E-state index in [9.17, 15) is 0 Å². The lowest BCUT2D eigenvalue weighted by Crippen LogP contribution is -2.00. The quantitative estimate of drug-likeness (QED) is 0.182. The van der Waals surface area contributed by atoms with E-state index in [4.69, 9.17) is 23.8 Å². The largest absolute Gasteiger partial charge is 0.456 e. The Morgan fingerprint density at radius 2 is 1.07 bits per heavy atom. The third-order valence-electron chi connectivity index (χ3n) is 10.8. The number of hydrogen-bond acceptors (Lipinski definition) is 5. The molecule has 0 atom stereocenters. The van der Waals surface area contributed by atoms with Crippen LogP contribution in [0.5, 0.6) is 0 Å². The standard InChI is InChI=1S/C49H28N4O2/c1-2-12-29(13-3-1)47-50-48(52-49(51-47)37-19-11-23-43-45(37)36-17-7-9-22-42(36)54-43)32-24-25-34-35-18-10-21-40(46(35)55-44(34)28-32)53-39-20-8-6-16-33(39)38-26-30-14-4-5-15-31(30)27-41(38)53/h1-28H. The summed E-state index contributed by atoms with van der Waals surface area (Å²) >= 11 is 0. The van der Waals surface area contributed by atoms with Crippen molar-refractivity contribution < 1.29 is 8.83 Å². The lowest BCUT2D eigenvalue weighted by molar-refractivity contribution is 0.666. The molecule has 6 heteroatoms. The van der Waals surface area contributed by atoms with Crippen molar-refractivity contribution in [1.82, 2.24) is 19.5 Å². The molecule has 0 saturated heterocycles. The van der Waals surface area contributed by atoms with Crippen LogP contribution in [0.4, 0.5) is 0 Å². The molecular weight excluding hydrogens is 677 g/mol. The Bertz CT molecular complexity index is 3500. The van der Waals surface area contributed by atoms with Crippen molar-refractivity contribution in [2.45, 2.75) is 0 Å². The van der Waals surface area contributed by atoms with Gasteiger partial charge in [-0.1, -0.05) is 121 Å². The molecule has 0 aliphatic heterocycles. The molecule has 0 spiro atoms. The predicted molar refractivity (Wildman–Crippen MR) is 223 cm³/mol. The lowest BCUT2D eigenvalue weighted by atomic mass is 10.1. The van der Waals surface area contributed by atoms with Gasteiger partial charge in [0.1, 0.15) is 16.7 Å². The van der Waals surface area contributed by atoms with Crippen molar-refractivity contribution in [3.05, 3.63) is 170 Å². The van der Waals surface area contributed by atoms with Gasteiger partial charge in [-0.05, 0) is 59.3 Å². The maximum absolute atomic E-state index is 6.88. The van der Waals surface area contributed by atoms with E-state index in [1.165, 1.54) is 21.5 Å². The average Bonchev–Trinajstić information content (AvgIpc) is 3.92. The first-order valence-electron chi connectivity index (χ1n) is 18.4. The highest BCUT2D eigenvalue weighted by molar-refractivity contribution is 6.16. The monoisotopic (exact) mass is 704 g/mol. The number of para-hydroxylation sites is 3. The zero-order chi connectivity index (χ0) is 36.0. The molecule has 12 rings (SSSR count). The second-order valence-electron chi connectivity index (χ2n) is 14.0. The minimum absolute atomic E-state index is 0.561. The summed E-state index contributed by atoms with van der Waals surface area (Å²) in [5.74, 6) is 1.73. The molecule has 0 unspecified atom stereocenters. The van der Waals surface area contributed by atoms with Crippen molar-refractivity contribution >= 4 is 76.5 Å².